The normalized spacial score (nSPS) is 41.4. The maximum Gasteiger partial charge on any atom is 0.340 e. The van der Waals surface area contributed by atoms with Crippen LogP contribution >= 0.6 is 0 Å². The molecule has 0 radical (unpaired) electrons. The third-order valence-electron chi connectivity index (χ3n) is 14.9. The second-order valence-corrected chi connectivity index (χ2v) is 18.5. The van der Waals surface area contributed by atoms with E-state index < -0.39 is 50.5 Å². The molecule has 13 heteroatoms. The highest BCUT2D eigenvalue weighted by atomic mass is 32.2. The second kappa shape index (κ2) is 12.1. The van der Waals surface area contributed by atoms with Crippen molar-refractivity contribution < 1.29 is 42.4 Å². The number of fused-ring (bicyclic) bond motifs is 3. The molecule has 3 heterocycles. The Morgan fingerprint density at radius 3 is 2.37 bits per heavy atom. The Bertz CT molecular complexity index is 2130. The van der Waals surface area contributed by atoms with Crippen LogP contribution in [0.1, 0.15) is 55.8 Å². The van der Waals surface area contributed by atoms with Crippen molar-refractivity contribution in [3.05, 3.63) is 66.2 Å². The van der Waals surface area contributed by atoms with Crippen molar-refractivity contribution in [2.24, 2.45) is 17.8 Å². The third-order valence-corrected chi connectivity index (χ3v) is 16.3. The van der Waals surface area contributed by atoms with E-state index in [-0.39, 0.29) is 52.1 Å². The average Bonchev–Trinajstić information content (AvgIpc) is 3.64. The van der Waals surface area contributed by atoms with Crippen LogP contribution in [0, 0.1) is 17.8 Å². The first-order valence-electron chi connectivity index (χ1n) is 19.1. The van der Waals surface area contributed by atoms with Crippen molar-refractivity contribution in [2.75, 3.05) is 45.0 Å². The molecule has 13 atom stereocenters. The summed E-state index contributed by atoms with van der Waals surface area (Å²) in [6.45, 7) is 2.08. The largest absolute Gasteiger partial charge is 0.453 e. The summed E-state index contributed by atoms with van der Waals surface area (Å²) < 4.78 is 56.0. The number of methoxy groups -OCH3 is 3. The van der Waals surface area contributed by atoms with Gasteiger partial charge in [0.1, 0.15) is 16.8 Å². The van der Waals surface area contributed by atoms with Gasteiger partial charge in [-0.1, -0.05) is 36.4 Å². The number of hydrogen-bond donors (Lipinski definition) is 3. The number of rotatable bonds is 9. The first kappa shape index (κ1) is 36.3. The van der Waals surface area contributed by atoms with Crippen LogP contribution in [0.3, 0.4) is 0 Å². The number of hydrogen-bond acceptors (Lipinski definition) is 11. The molecular weight excluding hydrogens is 711 g/mol. The molecule has 290 valence electrons. The van der Waals surface area contributed by atoms with Crippen molar-refractivity contribution >= 4 is 38.1 Å². The molecule has 12 nitrogen and oxygen atoms in total. The van der Waals surface area contributed by atoms with Gasteiger partial charge in [0, 0.05) is 93.7 Å². The molecule has 3 aliphatic heterocycles. The van der Waals surface area contributed by atoms with Gasteiger partial charge in [0.05, 0.1) is 34.5 Å². The summed E-state index contributed by atoms with van der Waals surface area (Å²) in [6, 6.07) is 16.6. The quantitative estimate of drug-likeness (QED) is 0.270. The number of nitrogens with zero attached hydrogens (tertiary/aromatic N) is 2. The molecule has 6 aliphatic rings. The van der Waals surface area contributed by atoms with E-state index in [2.05, 4.69) is 16.5 Å². The molecule has 3 saturated heterocycles. The minimum Gasteiger partial charge on any atom is -0.453 e. The number of nitrogens with one attached hydrogen (secondary N) is 1. The first-order chi connectivity index (χ1) is 25.7. The first-order valence-corrected chi connectivity index (χ1v) is 20.6. The Morgan fingerprint density at radius 2 is 1.65 bits per heavy atom. The summed E-state index contributed by atoms with van der Waals surface area (Å²) in [6.07, 6.45) is 2.14. The zero-order valence-corrected chi connectivity index (χ0v) is 32.5. The molecule has 3 saturated carbocycles. The summed E-state index contributed by atoms with van der Waals surface area (Å²) in [5.41, 5.74) is -3.54. The lowest BCUT2D eigenvalue weighted by atomic mass is 9.58. The predicted molar refractivity (Wildman–Crippen MR) is 202 cm³/mol. The summed E-state index contributed by atoms with van der Waals surface area (Å²) in [7, 11) is 4.64. The van der Waals surface area contributed by atoms with Gasteiger partial charge >= 0.3 is 5.97 Å². The summed E-state index contributed by atoms with van der Waals surface area (Å²) in [5, 5.41) is 27.1. The Labute approximate surface area is 316 Å². The molecule has 3 aliphatic carbocycles. The van der Waals surface area contributed by atoms with Crippen molar-refractivity contribution in [3.63, 3.8) is 0 Å². The monoisotopic (exact) mass is 761 g/mol. The number of piperidine rings is 2. The fourth-order valence-electron chi connectivity index (χ4n) is 13.0. The highest BCUT2D eigenvalue weighted by Gasteiger charge is 2.89. The van der Waals surface area contributed by atoms with Gasteiger partial charge in [-0.15, -0.1) is 0 Å². The van der Waals surface area contributed by atoms with E-state index in [4.69, 9.17) is 18.9 Å². The molecule has 3 N–H and O–H groups in total. The van der Waals surface area contributed by atoms with Crippen LogP contribution in [0.2, 0.25) is 0 Å². The molecule has 7 bridgehead atoms. The lowest BCUT2D eigenvalue weighted by Gasteiger charge is -2.64. The van der Waals surface area contributed by atoms with E-state index >= 15 is 0 Å². The van der Waals surface area contributed by atoms with Crippen LogP contribution in [-0.2, 0) is 29.0 Å². The number of sulfonamides is 1. The van der Waals surface area contributed by atoms with Crippen LogP contribution in [0.4, 0.5) is 11.4 Å². The smallest absolute Gasteiger partial charge is 0.340 e. The van der Waals surface area contributed by atoms with Gasteiger partial charge in [0.15, 0.2) is 0 Å². The standard InChI is InChI=1S/C41H51N3O9S/c1-23-39(53-37(45)27-11-7-8-14-29(27)42-54(48,49)32-16-10-12-25-26(32)13-9-15-30(25)43(2)3)18-17-24(50-4)21-38-33(39)20-35(44(23)38)40(46)22-31(51-5)28-19-34(38)41(40,47)36(28)52-6/h7-16,23-24,28,31,33-36,42,46-47H,17-22H2,1-6H3/t23-,24-,28+,31-,33?,34?,35+,36-,38?,39+,40-,41-/m0/s1. The van der Waals surface area contributed by atoms with Crippen molar-refractivity contribution in [1.82, 2.24) is 4.90 Å². The zero-order chi connectivity index (χ0) is 38.2. The van der Waals surface area contributed by atoms with Crippen LogP contribution in [-0.4, -0.2) is 118 Å². The Balaban J connectivity index is 1.09. The lowest BCUT2D eigenvalue weighted by Crippen LogP contribution is -2.81. The van der Waals surface area contributed by atoms with Crippen LogP contribution in [0.5, 0.6) is 0 Å². The molecule has 0 aromatic heterocycles. The lowest BCUT2D eigenvalue weighted by molar-refractivity contribution is -0.310. The SMILES string of the molecule is CO[C@H]1CC[C@]2(OC(=O)c3ccccc3NS(=O)(=O)c3cccc4c(N(C)C)cccc34)C3C[C@H]4N([C@H]2C)C3(C1)C1C[C@@H]2[C@@H](OC)C[C@@]4(O)[C@@]1(O)[C@H]2OC. The zero-order valence-electron chi connectivity index (χ0n) is 31.7. The molecule has 0 amide bonds. The highest BCUT2D eigenvalue weighted by molar-refractivity contribution is 7.93. The van der Waals surface area contributed by atoms with Gasteiger partial charge < -0.3 is 34.1 Å². The van der Waals surface area contributed by atoms with Gasteiger partial charge in [0.2, 0.25) is 0 Å². The number of aliphatic hydroxyl groups is 2. The van der Waals surface area contributed by atoms with E-state index in [0.29, 0.717) is 43.9 Å². The number of benzene rings is 3. The number of para-hydroxylation sites is 1. The Kier molecular flexibility index (Phi) is 8.14. The molecule has 1 spiro atoms. The Morgan fingerprint density at radius 1 is 0.907 bits per heavy atom. The van der Waals surface area contributed by atoms with Crippen molar-refractivity contribution in [2.45, 2.75) is 103 Å². The number of esters is 1. The summed E-state index contributed by atoms with van der Waals surface area (Å²) in [5.74, 6) is -1.35. The molecule has 9 rings (SSSR count). The summed E-state index contributed by atoms with van der Waals surface area (Å²) >= 11 is 0. The molecule has 3 aromatic rings. The van der Waals surface area contributed by atoms with E-state index in [1.807, 2.05) is 37.2 Å². The van der Waals surface area contributed by atoms with Crippen LogP contribution in [0.25, 0.3) is 10.8 Å². The summed E-state index contributed by atoms with van der Waals surface area (Å²) in [4.78, 5) is 19.1. The number of anilines is 2. The molecular formula is C41H51N3O9S. The predicted octanol–water partition coefficient (Wildman–Crippen LogP) is 4.18. The average molecular weight is 762 g/mol. The Hall–Kier alpha value is -3.30. The highest BCUT2D eigenvalue weighted by Crippen LogP contribution is 2.76. The number of carbonyl (C=O) groups excluding carboxylic acids is 1. The second-order valence-electron chi connectivity index (χ2n) is 16.8. The number of ether oxygens (including phenoxy) is 4. The van der Waals surface area contributed by atoms with Gasteiger partial charge in [-0.3, -0.25) is 9.62 Å². The molecule has 3 aromatic carbocycles. The minimum absolute atomic E-state index is 0.102. The van der Waals surface area contributed by atoms with Gasteiger partial charge in [0.25, 0.3) is 10.0 Å². The number of carbonyl (C=O) groups is 1. The van der Waals surface area contributed by atoms with Gasteiger partial charge in [-0.2, -0.15) is 0 Å². The molecule has 54 heavy (non-hydrogen) atoms. The third kappa shape index (κ3) is 4.40. The minimum atomic E-state index is -4.15. The van der Waals surface area contributed by atoms with E-state index in [9.17, 15) is 23.4 Å². The van der Waals surface area contributed by atoms with Gasteiger partial charge in [-0.25, -0.2) is 13.2 Å². The molecule has 6 fully saturated rings. The van der Waals surface area contributed by atoms with E-state index in [1.54, 1.807) is 63.8 Å². The van der Waals surface area contributed by atoms with Crippen molar-refractivity contribution in [3.8, 4) is 0 Å². The van der Waals surface area contributed by atoms with Crippen molar-refractivity contribution in [1.29, 1.82) is 0 Å². The maximum atomic E-state index is 14.7. The van der Waals surface area contributed by atoms with E-state index in [1.165, 1.54) is 0 Å². The van der Waals surface area contributed by atoms with Crippen LogP contribution < -0.4 is 9.62 Å². The van der Waals surface area contributed by atoms with E-state index in [0.717, 1.165) is 11.1 Å². The van der Waals surface area contributed by atoms with Crippen LogP contribution in [0.15, 0.2) is 65.6 Å². The maximum absolute atomic E-state index is 14.7. The molecule has 4 unspecified atom stereocenters. The fourth-order valence-corrected chi connectivity index (χ4v) is 14.3. The fraction of sp³-hybridized carbons (Fsp3) is 0.585. The van der Waals surface area contributed by atoms with Gasteiger partial charge in [-0.05, 0) is 63.3 Å². The topological polar surface area (TPSA) is 147 Å².